The lowest BCUT2D eigenvalue weighted by Gasteiger charge is -2.30. The van der Waals surface area contributed by atoms with E-state index in [1.54, 1.807) is 7.11 Å². The standard InChI is InChI=1S/C24H31FN2O5S/c1-17(2)32-22-9-6-19(14-23(22)31-3)15-26-24(28)20-10-12-27(13-11-20)33(29,30)16-18-4-7-21(25)8-5-18/h4-9,14,17,20H,10-13,15-16H2,1-3H3,(H,26,28). The number of hydrogen-bond acceptors (Lipinski definition) is 5. The summed E-state index contributed by atoms with van der Waals surface area (Å²) >= 11 is 0. The summed E-state index contributed by atoms with van der Waals surface area (Å²) < 4.78 is 50.9. The quantitative estimate of drug-likeness (QED) is 0.597. The van der Waals surface area contributed by atoms with Crippen LogP contribution >= 0.6 is 0 Å². The normalized spacial score (nSPS) is 15.4. The minimum absolute atomic E-state index is 0.0230. The number of ether oxygens (including phenoxy) is 2. The van der Waals surface area contributed by atoms with E-state index >= 15 is 0 Å². The maximum Gasteiger partial charge on any atom is 0.223 e. The molecule has 0 bridgehead atoms. The SMILES string of the molecule is COc1cc(CNC(=O)C2CCN(S(=O)(=O)Cc3ccc(F)cc3)CC2)ccc1OC(C)C. The first-order valence-electron chi connectivity index (χ1n) is 11.0. The maximum absolute atomic E-state index is 13.1. The number of nitrogens with one attached hydrogen (secondary N) is 1. The van der Waals surface area contributed by atoms with Gasteiger partial charge in [-0.25, -0.2) is 17.1 Å². The molecule has 1 amide bonds. The Hall–Kier alpha value is -2.65. The summed E-state index contributed by atoms with van der Waals surface area (Å²) in [5.41, 5.74) is 1.42. The molecule has 0 spiro atoms. The second kappa shape index (κ2) is 11.0. The first-order valence-corrected chi connectivity index (χ1v) is 12.6. The van der Waals surface area contributed by atoms with Crippen molar-refractivity contribution < 1.29 is 27.1 Å². The van der Waals surface area contributed by atoms with Crippen molar-refractivity contribution in [2.24, 2.45) is 5.92 Å². The van der Waals surface area contributed by atoms with Gasteiger partial charge in [0.1, 0.15) is 5.82 Å². The van der Waals surface area contributed by atoms with E-state index in [9.17, 15) is 17.6 Å². The number of piperidine rings is 1. The van der Waals surface area contributed by atoms with Crippen LogP contribution in [-0.2, 0) is 27.1 Å². The Bertz CT molecular complexity index is 1050. The molecule has 0 radical (unpaired) electrons. The maximum atomic E-state index is 13.1. The fourth-order valence-corrected chi connectivity index (χ4v) is 5.35. The van der Waals surface area contributed by atoms with Gasteiger partial charge in [-0.15, -0.1) is 0 Å². The summed E-state index contributed by atoms with van der Waals surface area (Å²) in [4.78, 5) is 12.6. The van der Waals surface area contributed by atoms with Crippen molar-refractivity contribution in [3.05, 3.63) is 59.4 Å². The highest BCUT2D eigenvalue weighted by molar-refractivity contribution is 7.88. The average molecular weight is 479 g/mol. The van der Waals surface area contributed by atoms with Crippen LogP contribution in [0.4, 0.5) is 4.39 Å². The Morgan fingerprint density at radius 1 is 1.09 bits per heavy atom. The van der Waals surface area contributed by atoms with Gasteiger partial charge in [-0.1, -0.05) is 18.2 Å². The average Bonchev–Trinajstić information content (AvgIpc) is 2.79. The number of methoxy groups -OCH3 is 1. The van der Waals surface area contributed by atoms with E-state index in [1.165, 1.54) is 28.6 Å². The van der Waals surface area contributed by atoms with Gasteiger partial charge in [0.25, 0.3) is 0 Å². The van der Waals surface area contributed by atoms with Crippen molar-refractivity contribution in [2.45, 2.75) is 45.1 Å². The molecule has 0 unspecified atom stereocenters. The first kappa shape index (κ1) is 25.0. The predicted octanol–water partition coefficient (Wildman–Crippen LogP) is 3.48. The van der Waals surface area contributed by atoms with Crippen LogP contribution in [0.3, 0.4) is 0 Å². The third-order valence-corrected chi connectivity index (χ3v) is 7.39. The van der Waals surface area contributed by atoms with Crippen molar-refractivity contribution in [2.75, 3.05) is 20.2 Å². The molecule has 1 aliphatic rings. The molecule has 180 valence electrons. The fourth-order valence-electron chi connectivity index (χ4n) is 3.79. The molecule has 2 aromatic carbocycles. The fraction of sp³-hybridized carbons (Fsp3) is 0.458. The number of halogens is 1. The van der Waals surface area contributed by atoms with Gasteiger partial charge < -0.3 is 14.8 Å². The molecule has 1 heterocycles. The van der Waals surface area contributed by atoms with Crippen LogP contribution in [0.1, 0.15) is 37.8 Å². The summed E-state index contributed by atoms with van der Waals surface area (Å²) in [5, 5.41) is 2.94. The van der Waals surface area contributed by atoms with Crippen LogP contribution in [0.25, 0.3) is 0 Å². The van der Waals surface area contributed by atoms with Gasteiger partial charge in [-0.2, -0.15) is 0 Å². The lowest BCUT2D eigenvalue weighted by Crippen LogP contribution is -2.43. The molecule has 1 N–H and O–H groups in total. The number of sulfonamides is 1. The molecule has 0 saturated carbocycles. The monoisotopic (exact) mass is 478 g/mol. The summed E-state index contributed by atoms with van der Waals surface area (Å²) in [6, 6.07) is 11.0. The number of carbonyl (C=O) groups is 1. The van der Waals surface area contributed by atoms with Gasteiger partial charge in [0, 0.05) is 25.6 Å². The van der Waals surface area contributed by atoms with E-state index in [1.807, 2.05) is 32.0 Å². The first-order chi connectivity index (χ1) is 15.7. The molecule has 0 atom stereocenters. The number of amides is 1. The van der Waals surface area contributed by atoms with Gasteiger partial charge in [0.2, 0.25) is 15.9 Å². The lowest BCUT2D eigenvalue weighted by atomic mass is 9.97. The molecule has 7 nitrogen and oxygen atoms in total. The molecule has 0 aromatic heterocycles. The number of rotatable bonds is 9. The van der Waals surface area contributed by atoms with Crippen LogP contribution in [0.2, 0.25) is 0 Å². The predicted molar refractivity (Wildman–Crippen MR) is 124 cm³/mol. The van der Waals surface area contributed by atoms with E-state index in [4.69, 9.17) is 9.47 Å². The zero-order valence-electron chi connectivity index (χ0n) is 19.2. The Morgan fingerprint density at radius 3 is 2.33 bits per heavy atom. The molecule has 3 rings (SSSR count). The van der Waals surface area contributed by atoms with Crippen molar-refractivity contribution in [3.8, 4) is 11.5 Å². The minimum Gasteiger partial charge on any atom is -0.493 e. The summed E-state index contributed by atoms with van der Waals surface area (Å²) in [7, 11) is -1.95. The van der Waals surface area contributed by atoms with Crippen molar-refractivity contribution in [1.29, 1.82) is 0 Å². The van der Waals surface area contributed by atoms with Gasteiger partial charge >= 0.3 is 0 Å². The highest BCUT2D eigenvalue weighted by Crippen LogP contribution is 2.29. The molecule has 1 fully saturated rings. The molecule has 9 heteroatoms. The summed E-state index contributed by atoms with van der Waals surface area (Å²) in [6.07, 6.45) is 0.938. The van der Waals surface area contributed by atoms with E-state index in [0.29, 0.717) is 36.4 Å². The highest BCUT2D eigenvalue weighted by Gasteiger charge is 2.31. The van der Waals surface area contributed by atoms with E-state index in [2.05, 4.69) is 5.32 Å². The third kappa shape index (κ3) is 6.91. The Morgan fingerprint density at radius 2 is 1.73 bits per heavy atom. The van der Waals surface area contributed by atoms with Crippen molar-refractivity contribution in [3.63, 3.8) is 0 Å². The Labute approximate surface area is 194 Å². The molecule has 1 aliphatic heterocycles. The second-order valence-corrected chi connectivity index (χ2v) is 10.4. The van der Waals surface area contributed by atoms with Gasteiger partial charge in [-0.3, -0.25) is 4.79 Å². The number of benzene rings is 2. The summed E-state index contributed by atoms with van der Waals surface area (Å²) in [5.74, 6) is 0.343. The van der Waals surface area contributed by atoms with E-state index in [-0.39, 0.29) is 36.8 Å². The highest BCUT2D eigenvalue weighted by atomic mass is 32.2. The zero-order chi connectivity index (χ0) is 24.0. The topological polar surface area (TPSA) is 84.9 Å². The smallest absolute Gasteiger partial charge is 0.223 e. The van der Waals surface area contributed by atoms with Crippen LogP contribution < -0.4 is 14.8 Å². The molecule has 0 aliphatic carbocycles. The minimum atomic E-state index is -3.52. The molecule has 33 heavy (non-hydrogen) atoms. The van der Waals surface area contributed by atoms with Crippen LogP contribution in [0, 0.1) is 11.7 Å². The van der Waals surface area contributed by atoms with Crippen LogP contribution in [0.15, 0.2) is 42.5 Å². The largest absolute Gasteiger partial charge is 0.493 e. The van der Waals surface area contributed by atoms with Crippen LogP contribution in [0.5, 0.6) is 11.5 Å². The van der Waals surface area contributed by atoms with Crippen molar-refractivity contribution in [1.82, 2.24) is 9.62 Å². The Kier molecular flexibility index (Phi) is 8.31. The number of hydrogen-bond donors (Lipinski definition) is 1. The Balaban J connectivity index is 1.50. The van der Waals surface area contributed by atoms with E-state index < -0.39 is 15.8 Å². The molecule has 2 aromatic rings. The zero-order valence-corrected chi connectivity index (χ0v) is 20.0. The van der Waals surface area contributed by atoms with Crippen LogP contribution in [-0.4, -0.2) is 44.9 Å². The molecule has 1 saturated heterocycles. The van der Waals surface area contributed by atoms with E-state index in [0.717, 1.165) is 5.56 Å². The lowest BCUT2D eigenvalue weighted by molar-refractivity contribution is -0.126. The second-order valence-electron chi connectivity index (χ2n) is 8.43. The molecular weight excluding hydrogens is 447 g/mol. The van der Waals surface area contributed by atoms with Crippen molar-refractivity contribution >= 4 is 15.9 Å². The number of carbonyl (C=O) groups excluding carboxylic acids is 1. The molecular formula is C24H31FN2O5S. The van der Waals surface area contributed by atoms with Gasteiger partial charge in [-0.05, 0) is 62.1 Å². The van der Waals surface area contributed by atoms with Gasteiger partial charge in [0.05, 0.1) is 19.0 Å². The summed E-state index contributed by atoms with van der Waals surface area (Å²) in [6.45, 7) is 4.80. The number of nitrogens with zero attached hydrogens (tertiary/aromatic N) is 1. The third-order valence-electron chi connectivity index (χ3n) is 5.54. The van der Waals surface area contributed by atoms with Gasteiger partial charge in [0.15, 0.2) is 11.5 Å².